The minimum absolute atomic E-state index is 0.236. The highest BCUT2D eigenvalue weighted by Crippen LogP contribution is 2.36. The highest BCUT2D eigenvalue weighted by atomic mass is 32.1. The predicted octanol–water partition coefficient (Wildman–Crippen LogP) is 3.22. The van der Waals surface area contributed by atoms with Gasteiger partial charge in [-0.2, -0.15) is 0 Å². The Hall–Kier alpha value is -1.63. The summed E-state index contributed by atoms with van der Waals surface area (Å²) in [5.74, 6) is 1.60. The lowest BCUT2D eigenvalue weighted by molar-refractivity contribution is 0.174. The highest BCUT2D eigenvalue weighted by Gasteiger charge is 2.19. The van der Waals surface area contributed by atoms with E-state index in [-0.39, 0.29) is 5.41 Å². The standard InChI is InChI=1S/C18H25N3O2S/c1-18(2,11-21(3)4)10-19-8-14-9-24-17(20-14)13-5-6-15-16(7-13)23-12-22-15/h5-7,9,19H,8,10-12H2,1-4H3. The molecule has 0 unspecified atom stereocenters. The number of thiazole rings is 1. The van der Waals surface area contributed by atoms with Gasteiger partial charge in [-0.1, -0.05) is 13.8 Å². The van der Waals surface area contributed by atoms with Gasteiger partial charge in [0.15, 0.2) is 11.5 Å². The molecule has 1 aromatic heterocycles. The summed E-state index contributed by atoms with van der Waals surface area (Å²) in [5, 5.41) is 6.66. The first-order valence-electron chi connectivity index (χ1n) is 8.13. The quantitative estimate of drug-likeness (QED) is 0.833. The largest absolute Gasteiger partial charge is 0.454 e. The van der Waals surface area contributed by atoms with Crippen LogP contribution in [0.3, 0.4) is 0 Å². The van der Waals surface area contributed by atoms with E-state index in [0.717, 1.165) is 47.4 Å². The van der Waals surface area contributed by atoms with Crippen molar-refractivity contribution in [1.82, 2.24) is 15.2 Å². The molecule has 1 aliphatic rings. The monoisotopic (exact) mass is 347 g/mol. The summed E-state index contributed by atoms with van der Waals surface area (Å²) in [5.41, 5.74) is 2.39. The Morgan fingerprint density at radius 1 is 1.25 bits per heavy atom. The third-order valence-electron chi connectivity index (χ3n) is 3.83. The van der Waals surface area contributed by atoms with Crippen LogP contribution in [0.4, 0.5) is 0 Å². The van der Waals surface area contributed by atoms with Gasteiger partial charge in [-0.05, 0) is 37.7 Å². The summed E-state index contributed by atoms with van der Waals surface area (Å²) >= 11 is 1.66. The van der Waals surface area contributed by atoms with Gasteiger partial charge in [0.25, 0.3) is 0 Å². The number of rotatable bonds is 7. The molecule has 24 heavy (non-hydrogen) atoms. The van der Waals surface area contributed by atoms with E-state index in [1.54, 1.807) is 11.3 Å². The summed E-state index contributed by atoms with van der Waals surface area (Å²) in [6, 6.07) is 5.98. The number of fused-ring (bicyclic) bond motifs is 1. The van der Waals surface area contributed by atoms with Crippen molar-refractivity contribution in [3.05, 3.63) is 29.3 Å². The maximum atomic E-state index is 5.44. The van der Waals surface area contributed by atoms with Crippen molar-refractivity contribution >= 4 is 11.3 Å². The average molecular weight is 347 g/mol. The zero-order valence-electron chi connectivity index (χ0n) is 14.8. The first-order valence-corrected chi connectivity index (χ1v) is 9.01. The molecule has 2 aromatic rings. The third kappa shape index (κ3) is 4.26. The molecule has 6 heteroatoms. The van der Waals surface area contributed by atoms with Crippen LogP contribution in [0, 0.1) is 5.41 Å². The Morgan fingerprint density at radius 3 is 2.83 bits per heavy atom. The minimum atomic E-state index is 0.236. The maximum Gasteiger partial charge on any atom is 0.231 e. The fourth-order valence-corrected chi connectivity index (χ4v) is 3.81. The average Bonchev–Trinajstić information content (AvgIpc) is 3.13. The molecule has 0 saturated heterocycles. The summed E-state index contributed by atoms with van der Waals surface area (Å²) in [6.07, 6.45) is 0. The molecule has 1 aromatic carbocycles. The molecule has 0 atom stereocenters. The van der Waals surface area contributed by atoms with Gasteiger partial charge in [0.1, 0.15) is 5.01 Å². The number of nitrogens with zero attached hydrogens (tertiary/aromatic N) is 2. The van der Waals surface area contributed by atoms with E-state index in [2.05, 4.69) is 43.5 Å². The lowest BCUT2D eigenvalue weighted by Crippen LogP contribution is -2.37. The van der Waals surface area contributed by atoms with E-state index >= 15 is 0 Å². The second kappa shape index (κ2) is 7.09. The van der Waals surface area contributed by atoms with Gasteiger partial charge in [-0.15, -0.1) is 11.3 Å². The van der Waals surface area contributed by atoms with E-state index in [9.17, 15) is 0 Å². The Bertz CT molecular complexity index is 697. The van der Waals surface area contributed by atoms with Crippen LogP contribution in [0.1, 0.15) is 19.5 Å². The topological polar surface area (TPSA) is 46.6 Å². The van der Waals surface area contributed by atoms with Crippen LogP contribution in [-0.4, -0.2) is 43.9 Å². The molecule has 0 amide bonds. The Balaban J connectivity index is 1.58. The van der Waals surface area contributed by atoms with Gasteiger partial charge in [-0.25, -0.2) is 4.98 Å². The number of hydrogen-bond donors (Lipinski definition) is 1. The zero-order chi connectivity index (χ0) is 17.2. The van der Waals surface area contributed by atoms with Crippen LogP contribution in [0.25, 0.3) is 10.6 Å². The van der Waals surface area contributed by atoms with Crippen LogP contribution < -0.4 is 14.8 Å². The van der Waals surface area contributed by atoms with Gasteiger partial charge in [0.05, 0.1) is 5.69 Å². The fraction of sp³-hybridized carbons (Fsp3) is 0.500. The van der Waals surface area contributed by atoms with Gasteiger partial charge >= 0.3 is 0 Å². The van der Waals surface area contributed by atoms with E-state index in [4.69, 9.17) is 14.5 Å². The van der Waals surface area contributed by atoms with Crippen LogP contribution in [0.2, 0.25) is 0 Å². The van der Waals surface area contributed by atoms with Crippen LogP contribution in [-0.2, 0) is 6.54 Å². The van der Waals surface area contributed by atoms with E-state index in [1.165, 1.54) is 0 Å². The molecule has 2 heterocycles. The third-order valence-corrected chi connectivity index (χ3v) is 4.77. The van der Waals surface area contributed by atoms with Crippen molar-refractivity contribution in [3.63, 3.8) is 0 Å². The van der Waals surface area contributed by atoms with Crippen molar-refractivity contribution in [1.29, 1.82) is 0 Å². The second-order valence-corrected chi connectivity index (χ2v) is 8.08. The summed E-state index contributed by atoms with van der Waals surface area (Å²) in [7, 11) is 4.22. The summed E-state index contributed by atoms with van der Waals surface area (Å²) in [4.78, 5) is 6.96. The lowest BCUT2D eigenvalue weighted by atomic mass is 9.93. The summed E-state index contributed by atoms with van der Waals surface area (Å²) in [6.45, 7) is 7.66. The zero-order valence-corrected chi connectivity index (χ0v) is 15.6. The smallest absolute Gasteiger partial charge is 0.231 e. The number of ether oxygens (including phenoxy) is 2. The van der Waals surface area contributed by atoms with Crippen molar-refractivity contribution in [3.8, 4) is 22.1 Å². The Kier molecular flexibility index (Phi) is 5.08. The molecule has 5 nitrogen and oxygen atoms in total. The fourth-order valence-electron chi connectivity index (χ4n) is 2.99. The van der Waals surface area contributed by atoms with Crippen LogP contribution in [0.15, 0.2) is 23.6 Å². The van der Waals surface area contributed by atoms with Crippen molar-refractivity contribution in [2.75, 3.05) is 34.0 Å². The van der Waals surface area contributed by atoms with Gasteiger partial charge < -0.3 is 19.7 Å². The Labute approximate surface area is 147 Å². The molecule has 0 bridgehead atoms. The molecule has 0 aliphatic carbocycles. The number of benzene rings is 1. The molecule has 1 N–H and O–H groups in total. The first-order chi connectivity index (χ1) is 11.4. The van der Waals surface area contributed by atoms with E-state index < -0.39 is 0 Å². The molecule has 0 saturated carbocycles. The number of aromatic nitrogens is 1. The predicted molar refractivity (Wildman–Crippen MR) is 97.7 cm³/mol. The maximum absolute atomic E-state index is 5.44. The first kappa shape index (κ1) is 17.2. The Morgan fingerprint density at radius 2 is 2.04 bits per heavy atom. The number of hydrogen-bond acceptors (Lipinski definition) is 6. The molecule has 1 aliphatic heterocycles. The normalized spacial score (nSPS) is 13.7. The molecular formula is C18H25N3O2S. The summed E-state index contributed by atoms with van der Waals surface area (Å²) < 4.78 is 10.8. The molecule has 3 rings (SSSR count). The lowest BCUT2D eigenvalue weighted by Gasteiger charge is -2.28. The van der Waals surface area contributed by atoms with Gasteiger partial charge in [0.2, 0.25) is 6.79 Å². The number of nitrogens with one attached hydrogen (secondary N) is 1. The SMILES string of the molecule is CN(C)CC(C)(C)CNCc1csc(-c2ccc3c(c2)OCO3)n1. The minimum Gasteiger partial charge on any atom is -0.454 e. The van der Waals surface area contributed by atoms with Gasteiger partial charge in [-0.3, -0.25) is 0 Å². The van der Waals surface area contributed by atoms with E-state index in [1.807, 2.05) is 18.2 Å². The van der Waals surface area contributed by atoms with Crippen LogP contribution in [0.5, 0.6) is 11.5 Å². The van der Waals surface area contributed by atoms with Crippen molar-refractivity contribution in [2.45, 2.75) is 20.4 Å². The molecule has 130 valence electrons. The van der Waals surface area contributed by atoms with E-state index in [0.29, 0.717) is 6.79 Å². The van der Waals surface area contributed by atoms with Crippen molar-refractivity contribution in [2.24, 2.45) is 5.41 Å². The second-order valence-electron chi connectivity index (χ2n) is 7.22. The van der Waals surface area contributed by atoms with Crippen molar-refractivity contribution < 1.29 is 9.47 Å². The molecular weight excluding hydrogens is 322 g/mol. The molecule has 0 spiro atoms. The molecule has 0 radical (unpaired) electrons. The highest BCUT2D eigenvalue weighted by molar-refractivity contribution is 7.13. The molecule has 0 fully saturated rings. The van der Waals surface area contributed by atoms with Crippen LogP contribution >= 0.6 is 11.3 Å². The van der Waals surface area contributed by atoms with Gasteiger partial charge in [0, 0.05) is 30.6 Å².